The van der Waals surface area contributed by atoms with Gasteiger partial charge in [-0.15, -0.1) is 0 Å². The van der Waals surface area contributed by atoms with Crippen molar-refractivity contribution < 1.29 is 18.0 Å². The van der Waals surface area contributed by atoms with Gasteiger partial charge in [-0.25, -0.2) is 13.2 Å². The Bertz CT molecular complexity index is 649. The Morgan fingerprint density at radius 2 is 1.81 bits per heavy atom. The van der Waals surface area contributed by atoms with Gasteiger partial charge in [-0.2, -0.15) is 0 Å². The fourth-order valence-corrected chi connectivity index (χ4v) is 1.40. The van der Waals surface area contributed by atoms with Gasteiger partial charge >= 0.3 is 0 Å². The molecule has 0 atom stereocenters. The molecule has 2 aromatic rings. The molecule has 0 saturated carbocycles. The summed E-state index contributed by atoms with van der Waals surface area (Å²) in [6, 6.07) is 1.44. The van der Waals surface area contributed by atoms with Crippen molar-refractivity contribution in [2.24, 2.45) is 0 Å². The van der Waals surface area contributed by atoms with Crippen LogP contribution in [0.3, 0.4) is 0 Å². The molecule has 1 aromatic carbocycles. The number of benzene rings is 1. The fraction of sp³-hybridized carbons (Fsp3) is 0. The van der Waals surface area contributed by atoms with Crippen molar-refractivity contribution in [3.8, 4) is 0 Å². The van der Waals surface area contributed by atoms with Crippen molar-refractivity contribution >= 4 is 17.2 Å². The van der Waals surface area contributed by atoms with E-state index < -0.39 is 28.3 Å². The highest BCUT2D eigenvalue weighted by Crippen LogP contribution is 2.18. The maximum Gasteiger partial charge on any atom is 0.195 e. The molecular weight excluding hydrogens is 223 g/mol. The second-order valence-electron chi connectivity index (χ2n) is 3.12. The molecule has 0 amide bonds. The highest BCUT2D eigenvalue weighted by Gasteiger charge is 2.16. The number of hydrogen-bond acceptors (Lipinski definition) is 2. The first kappa shape index (κ1) is 10.4. The summed E-state index contributed by atoms with van der Waals surface area (Å²) in [7, 11) is 0. The first-order valence-corrected chi connectivity index (χ1v) is 4.20. The predicted octanol–water partition coefficient (Wildman–Crippen LogP) is 1.76. The highest BCUT2D eigenvalue weighted by atomic mass is 19.2. The van der Waals surface area contributed by atoms with Crippen LogP contribution in [-0.2, 0) is 0 Å². The van der Waals surface area contributed by atoms with E-state index in [9.17, 15) is 22.8 Å². The van der Waals surface area contributed by atoms with Crippen molar-refractivity contribution in [1.29, 1.82) is 0 Å². The lowest BCUT2D eigenvalue weighted by Crippen LogP contribution is -2.09. The zero-order valence-electron chi connectivity index (χ0n) is 7.68. The van der Waals surface area contributed by atoms with Crippen molar-refractivity contribution in [3.63, 3.8) is 0 Å². The van der Waals surface area contributed by atoms with Crippen molar-refractivity contribution in [2.75, 3.05) is 0 Å². The van der Waals surface area contributed by atoms with Crippen LogP contribution in [0.2, 0.25) is 0 Å². The average molecular weight is 227 g/mol. The summed E-state index contributed by atoms with van der Waals surface area (Å²) in [4.78, 5) is 24.1. The van der Waals surface area contributed by atoms with Crippen LogP contribution in [-0.4, -0.2) is 11.3 Å². The summed E-state index contributed by atoms with van der Waals surface area (Å²) < 4.78 is 38.9. The maximum atomic E-state index is 13.2. The van der Waals surface area contributed by atoms with Crippen LogP contribution in [0.15, 0.2) is 16.9 Å². The quantitative estimate of drug-likeness (QED) is 0.596. The normalized spacial score (nSPS) is 10.7. The average Bonchev–Trinajstić information content (AvgIpc) is 2.25. The molecule has 6 heteroatoms. The molecule has 0 saturated heterocycles. The van der Waals surface area contributed by atoms with Crippen molar-refractivity contribution in [2.45, 2.75) is 0 Å². The van der Waals surface area contributed by atoms with Gasteiger partial charge < -0.3 is 4.98 Å². The van der Waals surface area contributed by atoms with Crippen molar-refractivity contribution in [3.05, 3.63) is 45.5 Å². The zero-order valence-corrected chi connectivity index (χ0v) is 7.68. The SMILES string of the molecule is O=Cc1cc(=O)c2c(F)c(F)c(F)cc2[nH]1. The van der Waals surface area contributed by atoms with Gasteiger partial charge in [0.2, 0.25) is 0 Å². The van der Waals surface area contributed by atoms with E-state index in [1.165, 1.54) is 0 Å². The van der Waals surface area contributed by atoms with Crippen LogP contribution in [0.1, 0.15) is 10.5 Å². The summed E-state index contributed by atoms with van der Waals surface area (Å²) in [6.07, 6.45) is 0.319. The van der Waals surface area contributed by atoms with E-state index in [2.05, 4.69) is 4.98 Å². The second-order valence-corrected chi connectivity index (χ2v) is 3.12. The van der Waals surface area contributed by atoms with Gasteiger partial charge in [-0.1, -0.05) is 0 Å². The first-order chi connectivity index (χ1) is 7.54. The third-order valence-electron chi connectivity index (χ3n) is 2.10. The molecule has 0 bridgehead atoms. The number of nitrogens with one attached hydrogen (secondary N) is 1. The molecule has 0 fully saturated rings. The van der Waals surface area contributed by atoms with Crippen molar-refractivity contribution in [1.82, 2.24) is 4.98 Å². The lowest BCUT2D eigenvalue weighted by Gasteiger charge is -2.02. The fourth-order valence-electron chi connectivity index (χ4n) is 1.40. The molecule has 1 aromatic heterocycles. The predicted molar refractivity (Wildman–Crippen MR) is 49.8 cm³/mol. The van der Waals surface area contributed by atoms with E-state index in [0.29, 0.717) is 12.4 Å². The molecule has 0 aliphatic carbocycles. The summed E-state index contributed by atoms with van der Waals surface area (Å²) in [5, 5.41) is -0.607. The largest absolute Gasteiger partial charge is 0.352 e. The number of carbonyl (C=O) groups excluding carboxylic acids is 1. The summed E-state index contributed by atoms with van der Waals surface area (Å²) in [5.74, 6) is -4.70. The summed E-state index contributed by atoms with van der Waals surface area (Å²) in [6.45, 7) is 0. The number of hydrogen-bond donors (Lipinski definition) is 1. The van der Waals surface area contributed by atoms with Crippen LogP contribution in [0.5, 0.6) is 0 Å². The Hall–Kier alpha value is -2.11. The molecule has 82 valence electrons. The number of pyridine rings is 1. The van der Waals surface area contributed by atoms with Crippen LogP contribution in [0, 0.1) is 17.5 Å². The lowest BCUT2D eigenvalue weighted by atomic mass is 10.1. The number of rotatable bonds is 1. The third-order valence-corrected chi connectivity index (χ3v) is 2.10. The molecule has 0 aliphatic rings. The zero-order chi connectivity index (χ0) is 11.9. The van der Waals surface area contributed by atoms with Crippen LogP contribution >= 0.6 is 0 Å². The third kappa shape index (κ3) is 1.39. The Morgan fingerprint density at radius 1 is 1.12 bits per heavy atom. The smallest absolute Gasteiger partial charge is 0.195 e. The van der Waals surface area contributed by atoms with Gasteiger partial charge in [0, 0.05) is 12.1 Å². The van der Waals surface area contributed by atoms with Gasteiger partial charge in [0.25, 0.3) is 0 Å². The minimum Gasteiger partial charge on any atom is -0.352 e. The Labute approximate surface area is 86.5 Å². The molecule has 0 radical (unpaired) electrons. The summed E-state index contributed by atoms with van der Waals surface area (Å²) in [5.41, 5.74) is -1.28. The Morgan fingerprint density at radius 3 is 2.44 bits per heavy atom. The van der Waals surface area contributed by atoms with E-state index >= 15 is 0 Å². The number of aromatic nitrogens is 1. The number of aromatic amines is 1. The topological polar surface area (TPSA) is 49.9 Å². The van der Waals surface area contributed by atoms with E-state index in [4.69, 9.17) is 0 Å². The van der Waals surface area contributed by atoms with Gasteiger partial charge in [0.05, 0.1) is 16.6 Å². The number of fused-ring (bicyclic) bond motifs is 1. The molecule has 16 heavy (non-hydrogen) atoms. The molecule has 2 rings (SSSR count). The molecule has 0 unspecified atom stereocenters. The number of halogens is 3. The minimum atomic E-state index is -1.71. The highest BCUT2D eigenvalue weighted by molar-refractivity contribution is 5.83. The monoisotopic (exact) mass is 227 g/mol. The molecule has 1 N–H and O–H groups in total. The van der Waals surface area contributed by atoms with Crippen LogP contribution < -0.4 is 5.43 Å². The summed E-state index contributed by atoms with van der Waals surface area (Å²) >= 11 is 0. The molecular formula is C10H4F3NO2. The van der Waals surface area contributed by atoms with E-state index in [-0.39, 0.29) is 11.2 Å². The molecule has 1 heterocycles. The minimum absolute atomic E-state index is 0.136. The Kier molecular flexibility index (Phi) is 2.26. The molecule has 3 nitrogen and oxygen atoms in total. The van der Waals surface area contributed by atoms with E-state index in [1.807, 2.05) is 0 Å². The Balaban J connectivity index is 3.01. The van der Waals surface area contributed by atoms with Crippen LogP contribution in [0.4, 0.5) is 13.2 Å². The maximum absolute atomic E-state index is 13.2. The standard InChI is InChI=1S/C10H4F3NO2/c11-5-2-6-8(10(13)9(5)12)7(16)1-4(3-15)14-6/h1-3H,(H,14,16). The number of H-pyrrole nitrogens is 1. The van der Waals surface area contributed by atoms with Gasteiger partial charge in [0.1, 0.15) is 0 Å². The first-order valence-electron chi connectivity index (χ1n) is 4.20. The van der Waals surface area contributed by atoms with Gasteiger partial charge in [0.15, 0.2) is 29.2 Å². The van der Waals surface area contributed by atoms with E-state index in [0.717, 1.165) is 6.07 Å². The number of carbonyl (C=O) groups is 1. The lowest BCUT2D eigenvalue weighted by molar-refractivity contribution is 0.111. The van der Waals surface area contributed by atoms with Gasteiger partial charge in [-0.05, 0) is 0 Å². The van der Waals surface area contributed by atoms with Gasteiger partial charge in [-0.3, -0.25) is 9.59 Å². The second kappa shape index (κ2) is 3.48. The number of aldehydes is 1. The molecule has 0 aliphatic heterocycles. The molecule has 0 spiro atoms. The van der Waals surface area contributed by atoms with E-state index in [1.54, 1.807) is 0 Å². The van der Waals surface area contributed by atoms with Crippen LogP contribution in [0.25, 0.3) is 10.9 Å².